The lowest BCUT2D eigenvalue weighted by Crippen LogP contribution is -2.25. The topological polar surface area (TPSA) is 102 Å². The van der Waals surface area contributed by atoms with Crippen molar-refractivity contribution in [1.82, 2.24) is 5.32 Å². The lowest BCUT2D eigenvalue weighted by atomic mass is 10.1. The molecule has 2 aromatic rings. The van der Waals surface area contributed by atoms with E-state index in [0.717, 1.165) is 5.56 Å². The van der Waals surface area contributed by atoms with Crippen LogP contribution in [0.25, 0.3) is 0 Å². The molecule has 0 radical (unpaired) electrons. The molecule has 0 bridgehead atoms. The number of rotatable bonds is 5. The first-order chi connectivity index (χ1) is 9.88. The van der Waals surface area contributed by atoms with Crippen molar-refractivity contribution >= 4 is 15.9 Å². The Labute approximate surface area is 123 Å². The van der Waals surface area contributed by atoms with Crippen LogP contribution >= 0.6 is 0 Å². The molecule has 0 aliphatic heterocycles. The quantitative estimate of drug-likeness (QED) is 0.866. The van der Waals surface area contributed by atoms with Crippen LogP contribution in [0.4, 0.5) is 0 Å². The first-order valence-corrected chi connectivity index (χ1v) is 7.86. The molecule has 0 saturated carbocycles. The number of benzene rings is 1. The summed E-state index contributed by atoms with van der Waals surface area (Å²) < 4.78 is 27.3. The number of hydrogen-bond acceptors (Lipinski definition) is 4. The summed E-state index contributed by atoms with van der Waals surface area (Å²) >= 11 is 0. The van der Waals surface area contributed by atoms with Crippen molar-refractivity contribution in [3.8, 4) is 0 Å². The molecule has 6 nitrogen and oxygen atoms in total. The number of nitrogens with two attached hydrogens (primary N) is 1. The van der Waals surface area contributed by atoms with E-state index in [9.17, 15) is 13.2 Å². The molecule has 0 aliphatic rings. The van der Waals surface area contributed by atoms with Crippen molar-refractivity contribution in [2.24, 2.45) is 5.14 Å². The van der Waals surface area contributed by atoms with Crippen LogP contribution in [0, 0.1) is 6.92 Å². The fourth-order valence-corrected chi connectivity index (χ4v) is 2.40. The Bertz CT molecular complexity index is 733. The zero-order chi connectivity index (χ0) is 15.5. The van der Waals surface area contributed by atoms with E-state index in [2.05, 4.69) is 5.32 Å². The second-order valence-corrected chi connectivity index (χ2v) is 6.15. The number of carbonyl (C=O) groups excluding carboxylic acids is 1. The summed E-state index contributed by atoms with van der Waals surface area (Å²) in [7, 11) is -3.67. The highest BCUT2D eigenvalue weighted by atomic mass is 32.2. The number of sulfonamides is 1. The maximum Gasteiger partial charge on any atom is 0.254 e. The van der Waals surface area contributed by atoms with E-state index >= 15 is 0 Å². The molecular formula is C14H16N2O4S. The van der Waals surface area contributed by atoms with Crippen LogP contribution in [0.5, 0.6) is 0 Å². The first kappa shape index (κ1) is 15.3. The van der Waals surface area contributed by atoms with Gasteiger partial charge in [0, 0.05) is 6.54 Å². The number of nitrogens with one attached hydrogen (secondary N) is 1. The summed E-state index contributed by atoms with van der Waals surface area (Å²) in [6, 6.07) is 7.87. The fourth-order valence-electron chi connectivity index (χ4n) is 1.88. The molecule has 1 heterocycles. The molecule has 3 N–H and O–H groups in total. The van der Waals surface area contributed by atoms with Gasteiger partial charge in [0.25, 0.3) is 5.91 Å². The second kappa shape index (κ2) is 6.11. The van der Waals surface area contributed by atoms with Gasteiger partial charge in [-0.2, -0.15) is 0 Å². The monoisotopic (exact) mass is 308 g/mol. The van der Waals surface area contributed by atoms with Crippen LogP contribution in [0.3, 0.4) is 0 Å². The summed E-state index contributed by atoms with van der Waals surface area (Å²) in [5.41, 5.74) is 1.42. The second-order valence-electron chi connectivity index (χ2n) is 4.59. The number of aryl methyl sites for hydroxylation is 1. The minimum atomic E-state index is -3.67. The zero-order valence-electron chi connectivity index (χ0n) is 11.5. The van der Waals surface area contributed by atoms with E-state index < -0.39 is 10.0 Å². The highest BCUT2D eigenvalue weighted by molar-refractivity contribution is 7.89. The molecule has 1 amide bonds. The summed E-state index contributed by atoms with van der Waals surface area (Å²) in [5.74, 6) is 0.382. The maximum atomic E-state index is 11.8. The van der Waals surface area contributed by atoms with Crippen molar-refractivity contribution in [1.29, 1.82) is 0 Å². The summed E-state index contributed by atoms with van der Waals surface area (Å²) in [4.78, 5) is 11.9. The highest BCUT2D eigenvalue weighted by Gasteiger charge is 2.10. The van der Waals surface area contributed by atoms with Gasteiger partial charge in [-0.25, -0.2) is 13.6 Å². The molecule has 1 aromatic carbocycles. The maximum absolute atomic E-state index is 11.8. The molecule has 0 saturated heterocycles. The van der Waals surface area contributed by atoms with Gasteiger partial charge >= 0.3 is 0 Å². The third-order valence-electron chi connectivity index (χ3n) is 3.05. The normalized spacial score (nSPS) is 11.3. The number of amides is 1. The molecule has 112 valence electrons. The Morgan fingerprint density at radius 3 is 2.43 bits per heavy atom. The molecule has 1 aromatic heterocycles. The summed E-state index contributed by atoms with van der Waals surface area (Å²) in [6.45, 7) is 2.17. The first-order valence-electron chi connectivity index (χ1n) is 6.32. The minimum absolute atomic E-state index is 0.0734. The molecular weight excluding hydrogens is 292 g/mol. The number of carbonyl (C=O) groups is 1. The van der Waals surface area contributed by atoms with Crippen LogP contribution in [-0.2, 0) is 16.4 Å². The average molecular weight is 308 g/mol. The van der Waals surface area contributed by atoms with Crippen molar-refractivity contribution in [3.05, 3.63) is 53.5 Å². The Morgan fingerprint density at radius 1 is 1.24 bits per heavy atom. The summed E-state index contributed by atoms with van der Waals surface area (Å²) in [6.07, 6.45) is 2.06. The highest BCUT2D eigenvalue weighted by Crippen LogP contribution is 2.10. The molecule has 0 atom stereocenters. The van der Waals surface area contributed by atoms with Crippen molar-refractivity contribution in [2.45, 2.75) is 18.2 Å². The Kier molecular flexibility index (Phi) is 4.44. The van der Waals surface area contributed by atoms with Gasteiger partial charge in [-0.05, 0) is 37.1 Å². The SMILES string of the molecule is Cc1occc1C(=O)NCCc1ccc(S(N)(=O)=O)cc1. The van der Waals surface area contributed by atoms with Gasteiger partial charge in [0.15, 0.2) is 0 Å². The lowest BCUT2D eigenvalue weighted by molar-refractivity contribution is 0.0952. The Balaban J connectivity index is 1.89. The Hall–Kier alpha value is -2.12. The predicted molar refractivity (Wildman–Crippen MR) is 77.3 cm³/mol. The Morgan fingerprint density at radius 2 is 1.90 bits per heavy atom. The molecule has 0 fully saturated rings. The average Bonchev–Trinajstić information content (AvgIpc) is 2.84. The van der Waals surface area contributed by atoms with E-state index in [-0.39, 0.29) is 10.8 Å². The van der Waals surface area contributed by atoms with Crippen LogP contribution in [0.15, 0.2) is 45.9 Å². The standard InChI is InChI=1S/C14H16N2O4S/c1-10-13(7-9-20-10)14(17)16-8-6-11-2-4-12(5-3-11)21(15,18)19/h2-5,7,9H,6,8H2,1H3,(H,16,17)(H2,15,18,19). The molecule has 21 heavy (non-hydrogen) atoms. The minimum Gasteiger partial charge on any atom is -0.469 e. The van der Waals surface area contributed by atoms with Crippen LogP contribution in [-0.4, -0.2) is 20.9 Å². The van der Waals surface area contributed by atoms with Crippen molar-refractivity contribution in [3.63, 3.8) is 0 Å². The molecule has 2 rings (SSSR count). The zero-order valence-corrected chi connectivity index (χ0v) is 12.3. The van der Waals surface area contributed by atoms with Gasteiger partial charge in [-0.15, -0.1) is 0 Å². The van der Waals surface area contributed by atoms with Gasteiger partial charge < -0.3 is 9.73 Å². The van der Waals surface area contributed by atoms with Gasteiger partial charge in [0.05, 0.1) is 16.7 Å². The van der Waals surface area contributed by atoms with Gasteiger partial charge in [-0.1, -0.05) is 12.1 Å². The van der Waals surface area contributed by atoms with Gasteiger partial charge in [0.2, 0.25) is 10.0 Å². The smallest absolute Gasteiger partial charge is 0.254 e. The third-order valence-corrected chi connectivity index (χ3v) is 3.98. The van der Waals surface area contributed by atoms with E-state index in [0.29, 0.717) is 24.3 Å². The molecule has 0 aliphatic carbocycles. The number of primary sulfonamides is 1. The van der Waals surface area contributed by atoms with Gasteiger partial charge in [-0.3, -0.25) is 4.79 Å². The fraction of sp³-hybridized carbons (Fsp3) is 0.214. The van der Waals surface area contributed by atoms with Crippen molar-refractivity contribution < 1.29 is 17.6 Å². The predicted octanol–water partition coefficient (Wildman–Crippen LogP) is 1.21. The molecule has 7 heteroatoms. The van der Waals surface area contributed by atoms with E-state index in [1.54, 1.807) is 25.1 Å². The molecule has 0 unspecified atom stereocenters. The number of furan rings is 1. The number of hydrogen-bond donors (Lipinski definition) is 2. The van der Waals surface area contributed by atoms with Gasteiger partial charge in [0.1, 0.15) is 5.76 Å². The molecule has 0 spiro atoms. The van der Waals surface area contributed by atoms with E-state index in [4.69, 9.17) is 9.56 Å². The van der Waals surface area contributed by atoms with Crippen LogP contribution in [0.2, 0.25) is 0 Å². The summed E-state index contributed by atoms with van der Waals surface area (Å²) in [5, 5.41) is 7.80. The van der Waals surface area contributed by atoms with E-state index in [1.165, 1.54) is 18.4 Å². The largest absolute Gasteiger partial charge is 0.469 e. The van der Waals surface area contributed by atoms with Crippen LogP contribution < -0.4 is 10.5 Å². The third kappa shape index (κ3) is 3.93. The lowest BCUT2D eigenvalue weighted by Gasteiger charge is -2.05. The van der Waals surface area contributed by atoms with Crippen molar-refractivity contribution in [2.75, 3.05) is 6.54 Å². The van der Waals surface area contributed by atoms with Crippen LogP contribution in [0.1, 0.15) is 21.7 Å². The van der Waals surface area contributed by atoms with E-state index in [1.807, 2.05) is 0 Å².